The van der Waals surface area contributed by atoms with Crippen molar-refractivity contribution in [3.63, 3.8) is 0 Å². The fourth-order valence-electron chi connectivity index (χ4n) is 2.59. The number of nitrogens with one attached hydrogen (secondary N) is 2. The summed E-state index contributed by atoms with van der Waals surface area (Å²) in [5, 5.41) is 14.0. The molecule has 2 N–H and O–H groups in total. The molecule has 2 rings (SSSR count). The van der Waals surface area contributed by atoms with Crippen molar-refractivity contribution in [3.05, 3.63) is 52.6 Å². The maximum atomic E-state index is 12.4. The van der Waals surface area contributed by atoms with Gasteiger partial charge in [-0.3, -0.25) is 10.1 Å². The van der Waals surface area contributed by atoms with Crippen LogP contribution in [0.4, 0.5) is 11.4 Å². The van der Waals surface area contributed by atoms with Gasteiger partial charge in [-0.15, -0.1) is 0 Å². The molecule has 0 saturated carbocycles. The van der Waals surface area contributed by atoms with Crippen LogP contribution >= 0.6 is 0 Å². The molecule has 0 aliphatic carbocycles. The second-order valence-electron chi connectivity index (χ2n) is 6.55. The minimum Gasteiger partial charge on any atom is -0.491 e. The second kappa shape index (κ2) is 11.2. The highest BCUT2D eigenvalue weighted by Crippen LogP contribution is 2.27. The molecule has 11 nitrogen and oxygen atoms in total. The molecule has 0 saturated heterocycles. The average Bonchev–Trinajstić information content (AvgIpc) is 2.74. The Labute approximate surface area is 186 Å². The van der Waals surface area contributed by atoms with Gasteiger partial charge in [-0.25, -0.2) is 21.6 Å². The number of rotatable bonds is 13. The summed E-state index contributed by atoms with van der Waals surface area (Å²) in [6.45, 7) is 3.22. The Hall–Kier alpha value is -2.74. The van der Waals surface area contributed by atoms with E-state index in [0.717, 1.165) is 12.3 Å². The zero-order chi connectivity index (χ0) is 23.8. The molecule has 0 amide bonds. The number of hydrogen-bond acceptors (Lipinski definition) is 9. The number of hydrogen-bond donors (Lipinski definition) is 2. The number of nitro benzene ring substituents is 1. The van der Waals surface area contributed by atoms with Crippen LogP contribution < -0.4 is 14.8 Å². The van der Waals surface area contributed by atoms with E-state index in [4.69, 9.17) is 9.47 Å². The fourth-order valence-corrected chi connectivity index (χ4v) is 4.26. The minimum atomic E-state index is -3.80. The number of sulfonamides is 1. The van der Waals surface area contributed by atoms with E-state index in [9.17, 15) is 26.9 Å². The molecule has 32 heavy (non-hydrogen) atoms. The van der Waals surface area contributed by atoms with E-state index in [1.54, 1.807) is 0 Å². The van der Waals surface area contributed by atoms with E-state index in [-0.39, 0.29) is 28.6 Å². The van der Waals surface area contributed by atoms with E-state index in [2.05, 4.69) is 10.0 Å². The lowest BCUT2D eigenvalue weighted by molar-refractivity contribution is -0.384. The number of sulfone groups is 1. The van der Waals surface area contributed by atoms with Gasteiger partial charge in [-0.1, -0.05) is 0 Å². The van der Waals surface area contributed by atoms with E-state index < -0.39 is 30.5 Å². The van der Waals surface area contributed by atoms with E-state index >= 15 is 0 Å². The van der Waals surface area contributed by atoms with Crippen LogP contribution in [0.25, 0.3) is 0 Å². The molecule has 0 aliphatic rings. The molecular weight excluding hydrogens is 462 g/mol. The molecule has 0 bridgehead atoms. The first kappa shape index (κ1) is 25.5. The standard InChI is InChI=1S/C19H25N3O8S2/c1-3-29-12-13-30-15-4-6-16(7-5-15)32(27,28)21-11-10-20-18-9-8-17(31(2,25)26)14-19(18)22(23)24/h4-9,14,20-21H,3,10-13H2,1-2H3. The summed E-state index contributed by atoms with van der Waals surface area (Å²) in [4.78, 5) is 10.4. The van der Waals surface area contributed by atoms with Crippen molar-refractivity contribution in [2.24, 2.45) is 0 Å². The van der Waals surface area contributed by atoms with Gasteiger partial charge >= 0.3 is 0 Å². The van der Waals surface area contributed by atoms with Gasteiger partial charge in [0.15, 0.2) is 9.84 Å². The van der Waals surface area contributed by atoms with Crippen molar-refractivity contribution in [2.45, 2.75) is 16.7 Å². The van der Waals surface area contributed by atoms with Crippen molar-refractivity contribution in [1.29, 1.82) is 0 Å². The normalized spacial score (nSPS) is 11.8. The van der Waals surface area contributed by atoms with E-state index in [0.29, 0.717) is 25.6 Å². The maximum Gasteiger partial charge on any atom is 0.293 e. The van der Waals surface area contributed by atoms with Crippen LogP contribution in [0.15, 0.2) is 52.3 Å². The number of benzene rings is 2. The van der Waals surface area contributed by atoms with Crippen LogP contribution in [0.5, 0.6) is 5.75 Å². The predicted octanol–water partition coefficient (Wildman–Crippen LogP) is 1.80. The maximum absolute atomic E-state index is 12.4. The zero-order valence-corrected chi connectivity index (χ0v) is 19.2. The molecule has 176 valence electrons. The fraction of sp³-hybridized carbons (Fsp3) is 0.368. The largest absolute Gasteiger partial charge is 0.491 e. The molecule has 0 aliphatic heterocycles. The summed E-state index contributed by atoms with van der Waals surface area (Å²) < 4.78 is 61.0. The van der Waals surface area contributed by atoms with Gasteiger partial charge in [-0.05, 0) is 43.3 Å². The third kappa shape index (κ3) is 7.44. The second-order valence-corrected chi connectivity index (χ2v) is 10.3. The van der Waals surface area contributed by atoms with Crippen LogP contribution in [0.3, 0.4) is 0 Å². The zero-order valence-electron chi connectivity index (χ0n) is 17.6. The lowest BCUT2D eigenvalue weighted by Crippen LogP contribution is -2.29. The predicted molar refractivity (Wildman–Crippen MR) is 118 cm³/mol. The van der Waals surface area contributed by atoms with Gasteiger partial charge in [-0.2, -0.15) is 0 Å². The highest BCUT2D eigenvalue weighted by atomic mass is 32.2. The summed E-state index contributed by atoms with van der Waals surface area (Å²) >= 11 is 0. The highest BCUT2D eigenvalue weighted by molar-refractivity contribution is 7.90. The van der Waals surface area contributed by atoms with Crippen molar-refractivity contribution in [3.8, 4) is 5.75 Å². The van der Waals surface area contributed by atoms with Crippen LogP contribution in [0, 0.1) is 10.1 Å². The van der Waals surface area contributed by atoms with Crippen LogP contribution in [-0.2, 0) is 24.6 Å². The molecule has 13 heteroatoms. The summed E-state index contributed by atoms with van der Waals surface area (Å²) in [6.07, 6.45) is 0.952. The quantitative estimate of drug-likeness (QED) is 0.244. The number of nitro groups is 1. The van der Waals surface area contributed by atoms with Gasteiger partial charge in [0.25, 0.3) is 5.69 Å². The lowest BCUT2D eigenvalue weighted by atomic mass is 10.2. The number of nitrogens with zero attached hydrogens (tertiary/aromatic N) is 1. The summed E-state index contributed by atoms with van der Waals surface area (Å²) in [7, 11) is -7.40. The minimum absolute atomic E-state index is 0.0386. The molecule has 0 fully saturated rings. The van der Waals surface area contributed by atoms with Crippen molar-refractivity contribution in [2.75, 3.05) is 44.5 Å². The molecule has 0 radical (unpaired) electrons. The summed E-state index contributed by atoms with van der Waals surface area (Å²) in [5.41, 5.74) is -0.342. The topological polar surface area (TPSA) is 154 Å². The molecule has 0 spiro atoms. The van der Waals surface area contributed by atoms with Crippen molar-refractivity contribution < 1.29 is 31.2 Å². The highest BCUT2D eigenvalue weighted by Gasteiger charge is 2.19. The Kier molecular flexibility index (Phi) is 8.95. The average molecular weight is 488 g/mol. The first-order valence-corrected chi connectivity index (χ1v) is 12.9. The Bertz CT molecular complexity index is 1130. The van der Waals surface area contributed by atoms with Crippen molar-refractivity contribution >= 4 is 31.2 Å². The lowest BCUT2D eigenvalue weighted by Gasteiger charge is -2.11. The molecule has 2 aromatic carbocycles. The smallest absolute Gasteiger partial charge is 0.293 e. The third-order valence-corrected chi connectivity index (χ3v) is 6.75. The molecule has 0 unspecified atom stereocenters. The molecular formula is C19H25N3O8S2. The van der Waals surface area contributed by atoms with Gasteiger partial charge in [0.2, 0.25) is 10.0 Å². The molecule has 0 atom stereocenters. The van der Waals surface area contributed by atoms with E-state index in [1.807, 2.05) is 6.92 Å². The van der Waals surface area contributed by atoms with Gasteiger partial charge in [0, 0.05) is 32.0 Å². The van der Waals surface area contributed by atoms with Gasteiger partial charge in [0.05, 0.1) is 21.3 Å². The van der Waals surface area contributed by atoms with Crippen molar-refractivity contribution in [1.82, 2.24) is 4.72 Å². The van der Waals surface area contributed by atoms with Crippen LogP contribution in [-0.4, -0.2) is 60.9 Å². The first-order valence-electron chi connectivity index (χ1n) is 9.57. The van der Waals surface area contributed by atoms with E-state index in [1.165, 1.54) is 36.4 Å². The Morgan fingerprint density at radius 3 is 2.22 bits per heavy atom. The third-order valence-electron chi connectivity index (χ3n) is 4.16. The number of anilines is 1. The van der Waals surface area contributed by atoms with Crippen LogP contribution in [0.1, 0.15) is 6.92 Å². The Morgan fingerprint density at radius 1 is 0.969 bits per heavy atom. The first-order chi connectivity index (χ1) is 15.0. The summed E-state index contributed by atoms with van der Waals surface area (Å²) in [5.74, 6) is 0.509. The van der Waals surface area contributed by atoms with Crippen LogP contribution in [0.2, 0.25) is 0 Å². The van der Waals surface area contributed by atoms with Gasteiger partial charge < -0.3 is 14.8 Å². The summed E-state index contributed by atoms with van der Waals surface area (Å²) in [6, 6.07) is 9.35. The van der Waals surface area contributed by atoms with Gasteiger partial charge in [0.1, 0.15) is 18.0 Å². The molecule has 0 aromatic heterocycles. The number of ether oxygens (including phenoxy) is 2. The monoisotopic (exact) mass is 487 g/mol. The SMILES string of the molecule is CCOCCOc1ccc(S(=O)(=O)NCCNc2ccc(S(C)(=O)=O)cc2[N+](=O)[O-])cc1. The Balaban J connectivity index is 1.93. The Morgan fingerprint density at radius 2 is 1.62 bits per heavy atom. The molecule has 0 heterocycles. The molecule has 2 aromatic rings.